The van der Waals surface area contributed by atoms with Crippen LogP contribution in [0.2, 0.25) is 0 Å². The second kappa shape index (κ2) is 4.98. The van der Waals surface area contributed by atoms with Crippen molar-refractivity contribution in [2.75, 3.05) is 13.1 Å². The van der Waals surface area contributed by atoms with E-state index in [1.54, 1.807) is 4.90 Å². The van der Waals surface area contributed by atoms with Crippen LogP contribution in [0.4, 0.5) is 4.79 Å². The second-order valence-electron chi connectivity index (χ2n) is 4.14. The maximum atomic E-state index is 10.8. The second-order valence-corrected chi connectivity index (χ2v) is 5.04. The van der Waals surface area contributed by atoms with Gasteiger partial charge in [0.15, 0.2) is 0 Å². The van der Waals surface area contributed by atoms with E-state index >= 15 is 0 Å². The Hall–Kier alpha value is -0.860. The Morgan fingerprint density at radius 1 is 1.19 bits per heavy atom. The minimum absolute atomic E-state index is 0.237. The van der Waals surface area contributed by atoms with Crippen LogP contribution in [0.3, 0.4) is 0 Å². The third-order valence-electron chi connectivity index (χ3n) is 3.04. The van der Waals surface area contributed by atoms with E-state index in [2.05, 4.69) is 0 Å². The maximum absolute atomic E-state index is 10.8. The minimum atomic E-state index is -4.67. The number of hydrogen-bond donors (Lipinski definition) is 3. The summed E-state index contributed by atoms with van der Waals surface area (Å²) in [5.41, 5.74) is 5.19. The highest BCUT2D eigenvalue weighted by molar-refractivity contribution is 7.79. The number of nitrogens with zero attached hydrogens (tertiary/aromatic N) is 1. The SMILES string of the molecule is NC(=O)N1CC2CCCC2C1.O=S(=O)(O)O. The Kier molecular flexibility index (Phi) is 4.11. The van der Waals surface area contributed by atoms with Crippen molar-refractivity contribution in [1.82, 2.24) is 4.90 Å². The van der Waals surface area contributed by atoms with Crippen LogP contribution in [-0.4, -0.2) is 41.5 Å². The van der Waals surface area contributed by atoms with Gasteiger partial charge in [-0.15, -0.1) is 0 Å². The van der Waals surface area contributed by atoms with Crippen molar-refractivity contribution in [3.05, 3.63) is 0 Å². The van der Waals surface area contributed by atoms with Crippen LogP contribution in [0.5, 0.6) is 0 Å². The molecule has 0 aromatic rings. The third-order valence-corrected chi connectivity index (χ3v) is 3.04. The summed E-state index contributed by atoms with van der Waals surface area (Å²) in [5.74, 6) is 1.53. The van der Waals surface area contributed by atoms with Crippen LogP contribution < -0.4 is 5.73 Å². The lowest BCUT2D eigenvalue weighted by molar-refractivity contribution is 0.215. The molecule has 2 rings (SSSR count). The van der Waals surface area contributed by atoms with Crippen molar-refractivity contribution in [3.63, 3.8) is 0 Å². The molecule has 16 heavy (non-hydrogen) atoms. The molecule has 1 aliphatic carbocycles. The van der Waals surface area contributed by atoms with Gasteiger partial charge in [0.25, 0.3) is 0 Å². The topological polar surface area (TPSA) is 121 Å². The first-order valence-electron chi connectivity index (χ1n) is 5.01. The Labute approximate surface area is 94.2 Å². The number of fused-ring (bicyclic) bond motifs is 1. The Bertz CT molecular complexity index is 335. The molecule has 2 atom stereocenters. The first kappa shape index (κ1) is 13.2. The number of rotatable bonds is 0. The number of hydrogen-bond acceptors (Lipinski definition) is 3. The van der Waals surface area contributed by atoms with Gasteiger partial charge in [-0.1, -0.05) is 6.42 Å². The Morgan fingerprint density at radius 3 is 1.88 bits per heavy atom. The zero-order valence-electron chi connectivity index (χ0n) is 8.74. The highest BCUT2D eigenvalue weighted by Crippen LogP contribution is 2.37. The quantitative estimate of drug-likeness (QED) is 0.530. The third kappa shape index (κ3) is 4.33. The van der Waals surface area contributed by atoms with E-state index in [1.807, 2.05) is 0 Å². The normalized spacial score (nSPS) is 28.2. The molecule has 0 aromatic heterocycles. The van der Waals surface area contributed by atoms with Crippen LogP contribution in [0.25, 0.3) is 0 Å². The molecule has 2 aliphatic rings. The summed E-state index contributed by atoms with van der Waals surface area (Å²) in [6.45, 7) is 1.83. The van der Waals surface area contributed by atoms with Gasteiger partial charge in [-0.2, -0.15) is 8.42 Å². The molecule has 7 nitrogen and oxygen atoms in total. The summed E-state index contributed by atoms with van der Waals surface area (Å²) in [7, 11) is -4.67. The Morgan fingerprint density at radius 2 is 1.56 bits per heavy atom. The fourth-order valence-corrected chi connectivity index (χ4v) is 2.41. The zero-order chi connectivity index (χ0) is 12.3. The highest BCUT2D eigenvalue weighted by atomic mass is 32.3. The van der Waals surface area contributed by atoms with E-state index in [9.17, 15) is 4.79 Å². The number of primary amides is 1. The number of urea groups is 1. The molecule has 0 aromatic carbocycles. The highest BCUT2D eigenvalue weighted by Gasteiger charge is 2.37. The molecule has 1 aliphatic heterocycles. The van der Waals surface area contributed by atoms with Crippen molar-refractivity contribution in [2.24, 2.45) is 17.6 Å². The molecule has 1 saturated heterocycles. The monoisotopic (exact) mass is 252 g/mol. The fourth-order valence-electron chi connectivity index (χ4n) is 2.41. The summed E-state index contributed by atoms with van der Waals surface area (Å²) in [6.07, 6.45) is 3.95. The lowest BCUT2D eigenvalue weighted by Crippen LogP contribution is -2.34. The molecule has 8 heteroatoms. The van der Waals surface area contributed by atoms with E-state index in [4.69, 9.17) is 23.3 Å². The van der Waals surface area contributed by atoms with E-state index < -0.39 is 10.4 Å². The predicted molar refractivity (Wildman–Crippen MR) is 56.2 cm³/mol. The molecule has 2 fully saturated rings. The van der Waals surface area contributed by atoms with Crippen molar-refractivity contribution >= 4 is 16.4 Å². The number of carbonyl (C=O) groups is 1. The van der Waals surface area contributed by atoms with Gasteiger partial charge < -0.3 is 10.6 Å². The van der Waals surface area contributed by atoms with E-state index in [0.717, 1.165) is 24.9 Å². The first-order chi connectivity index (χ1) is 7.27. The molecule has 4 N–H and O–H groups in total. The van der Waals surface area contributed by atoms with Gasteiger partial charge in [0, 0.05) is 13.1 Å². The molecule has 0 radical (unpaired) electrons. The van der Waals surface area contributed by atoms with Crippen LogP contribution in [-0.2, 0) is 10.4 Å². The lowest BCUT2D eigenvalue weighted by atomic mass is 10.0. The largest absolute Gasteiger partial charge is 0.394 e. The molecule has 0 bridgehead atoms. The molecule has 2 amide bonds. The van der Waals surface area contributed by atoms with Gasteiger partial charge in [0.2, 0.25) is 0 Å². The average molecular weight is 252 g/mol. The molecular weight excluding hydrogens is 236 g/mol. The van der Waals surface area contributed by atoms with Gasteiger partial charge in [-0.3, -0.25) is 9.11 Å². The average Bonchev–Trinajstić information content (AvgIpc) is 2.55. The van der Waals surface area contributed by atoms with Gasteiger partial charge in [-0.05, 0) is 24.7 Å². The maximum Gasteiger partial charge on any atom is 0.394 e. The van der Waals surface area contributed by atoms with Crippen LogP contribution >= 0.6 is 0 Å². The van der Waals surface area contributed by atoms with E-state index in [-0.39, 0.29) is 6.03 Å². The summed E-state index contributed by atoms with van der Waals surface area (Å²) in [5, 5.41) is 0. The van der Waals surface area contributed by atoms with Gasteiger partial charge >= 0.3 is 16.4 Å². The smallest absolute Gasteiger partial charge is 0.351 e. The van der Waals surface area contributed by atoms with Crippen molar-refractivity contribution < 1.29 is 22.3 Å². The van der Waals surface area contributed by atoms with Crippen LogP contribution in [0, 0.1) is 11.8 Å². The number of likely N-dealkylation sites (tertiary alicyclic amines) is 1. The predicted octanol–water partition coefficient (Wildman–Crippen LogP) is 0.144. The lowest BCUT2D eigenvalue weighted by Gasteiger charge is -2.12. The summed E-state index contributed by atoms with van der Waals surface area (Å²) < 4.78 is 31.6. The molecular formula is C8H16N2O5S. The number of amides is 2. The summed E-state index contributed by atoms with van der Waals surface area (Å²) >= 11 is 0. The van der Waals surface area contributed by atoms with Gasteiger partial charge in [-0.25, -0.2) is 4.79 Å². The van der Waals surface area contributed by atoms with Crippen molar-refractivity contribution in [1.29, 1.82) is 0 Å². The first-order valence-corrected chi connectivity index (χ1v) is 6.41. The minimum Gasteiger partial charge on any atom is -0.351 e. The van der Waals surface area contributed by atoms with Crippen LogP contribution in [0.1, 0.15) is 19.3 Å². The molecule has 2 unspecified atom stereocenters. The Balaban J connectivity index is 0.000000221. The molecule has 1 saturated carbocycles. The standard InChI is InChI=1S/C8H14N2O.H2O4S/c9-8(11)10-4-6-2-1-3-7(6)5-10;1-5(2,3)4/h6-7H,1-5H2,(H2,9,11);(H2,1,2,3,4). The molecule has 94 valence electrons. The molecule has 0 spiro atoms. The van der Waals surface area contributed by atoms with E-state index in [0.29, 0.717) is 0 Å². The van der Waals surface area contributed by atoms with E-state index in [1.165, 1.54) is 19.3 Å². The van der Waals surface area contributed by atoms with Crippen molar-refractivity contribution in [3.8, 4) is 0 Å². The number of carbonyl (C=O) groups excluding carboxylic acids is 1. The zero-order valence-corrected chi connectivity index (χ0v) is 9.56. The summed E-state index contributed by atoms with van der Waals surface area (Å²) in [6, 6.07) is -0.237. The van der Waals surface area contributed by atoms with Gasteiger partial charge in [0.05, 0.1) is 0 Å². The molecule has 1 heterocycles. The summed E-state index contributed by atoms with van der Waals surface area (Å²) in [4.78, 5) is 12.6. The van der Waals surface area contributed by atoms with Crippen LogP contribution in [0.15, 0.2) is 0 Å². The van der Waals surface area contributed by atoms with Crippen molar-refractivity contribution in [2.45, 2.75) is 19.3 Å². The van der Waals surface area contributed by atoms with Gasteiger partial charge in [0.1, 0.15) is 0 Å². The fraction of sp³-hybridized carbons (Fsp3) is 0.875. The number of nitrogens with two attached hydrogens (primary N) is 1.